The number of aromatic nitrogens is 3. The number of hydrogen-bond donors (Lipinski definition) is 2. The Balaban J connectivity index is 1.66. The monoisotopic (exact) mass is 385 g/mol. The summed E-state index contributed by atoms with van der Waals surface area (Å²) >= 11 is 0. The van der Waals surface area contributed by atoms with Crippen molar-refractivity contribution in [2.45, 2.75) is 32.4 Å². The van der Waals surface area contributed by atoms with E-state index in [-0.39, 0.29) is 17.7 Å². The van der Waals surface area contributed by atoms with Gasteiger partial charge in [-0.1, -0.05) is 18.2 Å². The number of hydrogen-bond acceptors (Lipinski definition) is 6. The molecule has 0 radical (unpaired) electrons. The summed E-state index contributed by atoms with van der Waals surface area (Å²) in [6.45, 7) is 4.88. The molecule has 0 bridgehead atoms. The number of aliphatic hydroxyl groups excluding tert-OH is 1. The van der Waals surface area contributed by atoms with Crippen molar-refractivity contribution in [2.24, 2.45) is 0 Å². The average Bonchev–Trinajstić information content (AvgIpc) is 2.67. The molecule has 1 aliphatic heterocycles. The van der Waals surface area contributed by atoms with Crippen molar-refractivity contribution >= 4 is 22.4 Å². The number of aryl methyl sites for hydroxylation is 1. The SMILES string of the molecule is Cc1nnc(N[C@H](C)c2cccc(C(F)F)c2)c2cc(N3CC(O)C3)cnc12. The minimum Gasteiger partial charge on any atom is -0.389 e. The maximum absolute atomic E-state index is 13.0. The third-order valence-electron chi connectivity index (χ3n) is 5.01. The Morgan fingerprint density at radius 2 is 1.93 bits per heavy atom. The van der Waals surface area contributed by atoms with E-state index in [1.54, 1.807) is 18.3 Å². The molecule has 1 aliphatic rings. The number of rotatable bonds is 5. The fourth-order valence-corrected chi connectivity index (χ4v) is 3.35. The van der Waals surface area contributed by atoms with E-state index in [1.165, 1.54) is 12.1 Å². The molecule has 1 fully saturated rings. The van der Waals surface area contributed by atoms with Crippen LogP contribution in [0.15, 0.2) is 36.5 Å². The van der Waals surface area contributed by atoms with Crippen LogP contribution in [0.25, 0.3) is 10.9 Å². The molecule has 1 atom stereocenters. The first-order chi connectivity index (χ1) is 13.4. The van der Waals surface area contributed by atoms with Gasteiger partial charge in [-0.2, -0.15) is 5.10 Å². The van der Waals surface area contributed by atoms with Crippen molar-refractivity contribution in [2.75, 3.05) is 23.3 Å². The second kappa shape index (κ2) is 7.27. The van der Waals surface area contributed by atoms with Crippen LogP contribution in [0.4, 0.5) is 20.3 Å². The lowest BCUT2D eigenvalue weighted by Gasteiger charge is -2.37. The average molecular weight is 385 g/mol. The predicted molar refractivity (Wildman–Crippen MR) is 104 cm³/mol. The smallest absolute Gasteiger partial charge is 0.263 e. The maximum atomic E-state index is 13.0. The highest BCUT2D eigenvalue weighted by Gasteiger charge is 2.25. The van der Waals surface area contributed by atoms with E-state index in [4.69, 9.17) is 0 Å². The fourth-order valence-electron chi connectivity index (χ4n) is 3.35. The van der Waals surface area contributed by atoms with Crippen LogP contribution in [0.3, 0.4) is 0 Å². The van der Waals surface area contributed by atoms with Crippen molar-refractivity contribution < 1.29 is 13.9 Å². The zero-order chi connectivity index (χ0) is 19.8. The Morgan fingerprint density at radius 1 is 1.18 bits per heavy atom. The normalized spacial score (nSPS) is 15.7. The number of pyridine rings is 1. The number of fused-ring (bicyclic) bond motifs is 1. The molecule has 28 heavy (non-hydrogen) atoms. The molecular weight excluding hydrogens is 364 g/mol. The molecule has 6 nitrogen and oxygen atoms in total. The van der Waals surface area contributed by atoms with Gasteiger partial charge < -0.3 is 15.3 Å². The highest BCUT2D eigenvalue weighted by atomic mass is 19.3. The fraction of sp³-hybridized carbons (Fsp3) is 0.350. The summed E-state index contributed by atoms with van der Waals surface area (Å²) < 4.78 is 26.0. The molecule has 1 saturated heterocycles. The van der Waals surface area contributed by atoms with Crippen molar-refractivity contribution in [3.05, 3.63) is 53.3 Å². The zero-order valence-corrected chi connectivity index (χ0v) is 15.6. The summed E-state index contributed by atoms with van der Waals surface area (Å²) in [7, 11) is 0. The first-order valence-electron chi connectivity index (χ1n) is 9.13. The molecule has 0 amide bonds. The first-order valence-corrected chi connectivity index (χ1v) is 9.13. The summed E-state index contributed by atoms with van der Waals surface area (Å²) in [4.78, 5) is 6.56. The Bertz CT molecular complexity index is 1010. The van der Waals surface area contributed by atoms with Gasteiger partial charge in [-0.05, 0) is 31.5 Å². The van der Waals surface area contributed by atoms with E-state index in [1.807, 2.05) is 24.8 Å². The van der Waals surface area contributed by atoms with Crippen molar-refractivity contribution in [1.29, 1.82) is 0 Å². The van der Waals surface area contributed by atoms with Crippen LogP contribution < -0.4 is 10.2 Å². The number of halogens is 2. The van der Waals surface area contributed by atoms with Gasteiger partial charge in [0.05, 0.1) is 35.2 Å². The molecule has 3 heterocycles. The van der Waals surface area contributed by atoms with Gasteiger partial charge in [0.25, 0.3) is 6.43 Å². The minimum atomic E-state index is -2.51. The second-order valence-electron chi connectivity index (χ2n) is 7.12. The molecular formula is C20H21F2N5O. The molecule has 146 valence electrons. The number of alkyl halides is 2. The number of benzene rings is 1. The molecule has 0 spiro atoms. The lowest BCUT2D eigenvalue weighted by molar-refractivity contribution is 0.142. The summed E-state index contributed by atoms with van der Waals surface area (Å²) in [6, 6.07) is 8.08. The van der Waals surface area contributed by atoms with Crippen LogP contribution in [-0.2, 0) is 0 Å². The zero-order valence-electron chi connectivity index (χ0n) is 15.6. The topological polar surface area (TPSA) is 74.2 Å². The maximum Gasteiger partial charge on any atom is 0.263 e. The van der Waals surface area contributed by atoms with E-state index in [0.29, 0.717) is 24.6 Å². The van der Waals surface area contributed by atoms with Gasteiger partial charge in [0, 0.05) is 24.0 Å². The highest BCUT2D eigenvalue weighted by molar-refractivity contribution is 5.92. The molecule has 3 aromatic rings. The number of nitrogens with zero attached hydrogens (tertiary/aromatic N) is 4. The standard InChI is InChI=1S/C20H21F2N5O/c1-11(13-4-3-5-14(6-13)19(21)22)24-20-17-7-15(27-9-16(28)10-27)8-23-18(17)12(2)25-26-20/h3-8,11,16,19,28H,9-10H2,1-2H3,(H,24,26)/t11-/m1/s1. The van der Waals surface area contributed by atoms with E-state index < -0.39 is 6.43 Å². The highest BCUT2D eigenvalue weighted by Crippen LogP contribution is 2.30. The Hall–Kier alpha value is -2.87. The van der Waals surface area contributed by atoms with Gasteiger partial charge in [-0.3, -0.25) is 4.98 Å². The largest absolute Gasteiger partial charge is 0.389 e. The van der Waals surface area contributed by atoms with Gasteiger partial charge in [0.15, 0.2) is 5.82 Å². The predicted octanol–water partition coefficient (Wildman–Crippen LogP) is 3.62. The summed E-state index contributed by atoms with van der Waals surface area (Å²) in [6.07, 6.45) is -1.05. The van der Waals surface area contributed by atoms with Crippen LogP contribution in [0.2, 0.25) is 0 Å². The molecule has 0 aliphatic carbocycles. The molecule has 0 saturated carbocycles. The number of nitrogens with one attached hydrogen (secondary N) is 1. The van der Waals surface area contributed by atoms with E-state index in [2.05, 4.69) is 20.5 Å². The van der Waals surface area contributed by atoms with Gasteiger partial charge in [-0.25, -0.2) is 8.78 Å². The van der Waals surface area contributed by atoms with Gasteiger partial charge in [0.1, 0.15) is 0 Å². The molecule has 4 rings (SSSR count). The first kappa shape index (κ1) is 18.5. The quantitative estimate of drug-likeness (QED) is 0.699. The van der Waals surface area contributed by atoms with Crippen LogP contribution in [0.5, 0.6) is 0 Å². The number of β-amino-alcohol motifs (C(OH)–C–C–N with tert-alkyl or cyclic N) is 1. The third-order valence-corrected chi connectivity index (χ3v) is 5.01. The molecule has 2 N–H and O–H groups in total. The Kier molecular flexibility index (Phi) is 4.80. The van der Waals surface area contributed by atoms with E-state index in [0.717, 1.165) is 22.2 Å². The minimum absolute atomic E-state index is 0.00806. The van der Waals surface area contributed by atoms with Gasteiger partial charge >= 0.3 is 0 Å². The summed E-state index contributed by atoms with van der Waals surface area (Å²) in [5.41, 5.74) is 3.08. The molecule has 1 aromatic carbocycles. The molecule has 0 unspecified atom stereocenters. The van der Waals surface area contributed by atoms with Crippen molar-refractivity contribution in [1.82, 2.24) is 15.2 Å². The lowest BCUT2D eigenvalue weighted by Crippen LogP contribution is -2.50. The molecule has 2 aromatic heterocycles. The van der Waals surface area contributed by atoms with E-state index >= 15 is 0 Å². The van der Waals surface area contributed by atoms with Gasteiger partial charge in [-0.15, -0.1) is 5.10 Å². The van der Waals surface area contributed by atoms with Crippen molar-refractivity contribution in [3.8, 4) is 0 Å². The molecule has 8 heteroatoms. The second-order valence-corrected chi connectivity index (χ2v) is 7.12. The van der Waals surface area contributed by atoms with Crippen molar-refractivity contribution in [3.63, 3.8) is 0 Å². The third kappa shape index (κ3) is 3.47. The summed E-state index contributed by atoms with van der Waals surface area (Å²) in [5, 5.41) is 22.1. The van der Waals surface area contributed by atoms with E-state index in [9.17, 15) is 13.9 Å². The van der Waals surface area contributed by atoms with Crippen LogP contribution in [0.1, 0.15) is 36.2 Å². The lowest BCUT2D eigenvalue weighted by atomic mass is 10.0. The van der Waals surface area contributed by atoms with Crippen LogP contribution >= 0.6 is 0 Å². The Labute approximate surface area is 161 Å². The van der Waals surface area contributed by atoms with Crippen LogP contribution in [0, 0.1) is 6.92 Å². The van der Waals surface area contributed by atoms with Gasteiger partial charge in [0.2, 0.25) is 0 Å². The summed E-state index contributed by atoms with van der Waals surface area (Å²) in [5.74, 6) is 0.547. The number of aliphatic hydroxyl groups is 1. The Morgan fingerprint density at radius 3 is 2.64 bits per heavy atom. The van der Waals surface area contributed by atoms with Crippen LogP contribution in [-0.4, -0.2) is 39.5 Å². The number of anilines is 2.